The highest BCUT2D eigenvalue weighted by Crippen LogP contribution is 2.23. The van der Waals surface area contributed by atoms with Gasteiger partial charge in [0.1, 0.15) is 5.82 Å². The summed E-state index contributed by atoms with van der Waals surface area (Å²) in [7, 11) is 0. The Bertz CT molecular complexity index is 769. The first-order valence-corrected chi connectivity index (χ1v) is 9.08. The molecule has 0 radical (unpaired) electrons. The zero-order chi connectivity index (χ0) is 18.3. The van der Waals surface area contributed by atoms with Gasteiger partial charge in [-0.25, -0.2) is 4.39 Å². The van der Waals surface area contributed by atoms with Crippen molar-refractivity contribution < 1.29 is 9.18 Å². The second-order valence-corrected chi connectivity index (χ2v) is 7.17. The van der Waals surface area contributed by atoms with Crippen LogP contribution < -0.4 is 4.90 Å². The zero-order valence-corrected chi connectivity index (χ0v) is 15.2. The quantitative estimate of drug-likeness (QED) is 0.910. The number of nitrogens with zero attached hydrogens (tertiary/aromatic N) is 4. The SMILES string of the molecule is Cc1n[nH]c(C)c1C(=O)N1CC(N2CCN(c3ccc(F)cc3)CC2)C1. The monoisotopic (exact) mass is 357 g/mol. The summed E-state index contributed by atoms with van der Waals surface area (Å²) in [6.45, 7) is 9.09. The van der Waals surface area contributed by atoms with Crippen molar-refractivity contribution in [1.29, 1.82) is 0 Å². The number of hydrogen-bond donors (Lipinski definition) is 1. The van der Waals surface area contributed by atoms with Crippen LogP contribution in [0.15, 0.2) is 24.3 Å². The summed E-state index contributed by atoms with van der Waals surface area (Å²) in [6, 6.07) is 7.13. The van der Waals surface area contributed by atoms with E-state index in [1.165, 1.54) is 12.1 Å². The van der Waals surface area contributed by atoms with Gasteiger partial charge in [0.25, 0.3) is 5.91 Å². The first-order valence-electron chi connectivity index (χ1n) is 9.08. The van der Waals surface area contributed by atoms with Crippen molar-refractivity contribution in [2.24, 2.45) is 0 Å². The molecule has 0 atom stereocenters. The molecule has 138 valence electrons. The Morgan fingerprint density at radius 3 is 2.35 bits per heavy atom. The third-order valence-corrected chi connectivity index (χ3v) is 5.51. The smallest absolute Gasteiger partial charge is 0.257 e. The van der Waals surface area contributed by atoms with E-state index in [4.69, 9.17) is 0 Å². The van der Waals surface area contributed by atoms with E-state index in [1.54, 1.807) is 0 Å². The Labute approximate surface area is 152 Å². The number of amides is 1. The van der Waals surface area contributed by atoms with Gasteiger partial charge in [-0.05, 0) is 38.1 Å². The lowest BCUT2D eigenvalue weighted by atomic mass is 10.0. The van der Waals surface area contributed by atoms with E-state index in [1.807, 2.05) is 30.9 Å². The summed E-state index contributed by atoms with van der Waals surface area (Å²) in [6.07, 6.45) is 0. The first kappa shape index (κ1) is 17.0. The summed E-state index contributed by atoms with van der Waals surface area (Å²) in [5, 5.41) is 7.00. The van der Waals surface area contributed by atoms with Gasteiger partial charge >= 0.3 is 0 Å². The number of nitrogens with one attached hydrogen (secondary N) is 1. The van der Waals surface area contributed by atoms with Crippen LogP contribution in [0, 0.1) is 19.7 Å². The molecule has 1 N–H and O–H groups in total. The van der Waals surface area contributed by atoms with Crippen LogP contribution in [0.3, 0.4) is 0 Å². The topological polar surface area (TPSA) is 55.5 Å². The van der Waals surface area contributed by atoms with Crippen LogP contribution >= 0.6 is 0 Å². The second-order valence-electron chi connectivity index (χ2n) is 7.17. The number of H-pyrrole nitrogens is 1. The predicted octanol–water partition coefficient (Wildman–Crippen LogP) is 1.81. The summed E-state index contributed by atoms with van der Waals surface area (Å²) in [5.41, 5.74) is 3.39. The normalized spacial score (nSPS) is 18.9. The van der Waals surface area contributed by atoms with Gasteiger partial charge in [0.15, 0.2) is 0 Å². The van der Waals surface area contributed by atoms with Gasteiger partial charge in [-0.2, -0.15) is 5.10 Å². The van der Waals surface area contributed by atoms with Crippen molar-refractivity contribution in [3.8, 4) is 0 Å². The molecule has 7 heteroatoms. The second kappa shape index (κ2) is 6.72. The van der Waals surface area contributed by atoms with Gasteiger partial charge in [-0.3, -0.25) is 14.8 Å². The van der Waals surface area contributed by atoms with Gasteiger partial charge in [0.2, 0.25) is 0 Å². The first-order chi connectivity index (χ1) is 12.5. The van der Waals surface area contributed by atoms with Crippen molar-refractivity contribution >= 4 is 11.6 Å². The lowest BCUT2D eigenvalue weighted by molar-refractivity contribution is 0.0245. The Balaban J connectivity index is 1.29. The molecule has 2 aliphatic heterocycles. The summed E-state index contributed by atoms with van der Waals surface area (Å²) >= 11 is 0. The van der Waals surface area contributed by atoms with Crippen LogP contribution in [-0.4, -0.2) is 71.2 Å². The molecule has 1 aromatic carbocycles. The number of carbonyl (C=O) groups is 1. The molecule has 2 aromatic rings. The van der Waals surface area contributed by atoms with Crippen molar-refractivity contribution in [3.63, 3.8) is 0 Å². The van der Waals surface area contributed by atoms with Gasteiger partial charge < -0.3 is 9.80 Å². The fraction of sp³-hybridized carbons (Fsp3) is 0.474. The Morgan fingerprint density at radius 2 is 1.77 bits per heavy atom. The minimum atomic E-state index is -0.199. The molecule has 2 aliphatic rings. The maximum atomic E-state index is 13.1. The van der Waals surface area contributed by atoms with Crippen molar-refractivity contribution in [1.82, 2.24) is 20.0 Å². The van der Waals surface area contributed by atoms with E-state index in [2.05, 4.69) is 20.0 Å². The zero-order valence-electron chi connectivity index (χ0n) is 15.2. The van der Waals surface area contributed by atoms with Crippen LogP contribution in [0.2, 0.25) is 0 Å². The predicted molar refractivity (Wildman–Crippen MR) is 97.9 cm³/mol. The molecule has 1 amide bonds. The molecular formula is C19H24FN5O. The fourth-order valence-electron chi connectivity index (χ4n) is 3.87. The molecule has 1 aromatic heterocycles. The number of aromatic nitrogens is 2. The van der Waals surface area contributed by atoms with Gasteiger partial charge in [-0.1, -0.05) is 0 Å². The van der Waals surface area contributed by atoms with Crippen LogP contribution in [0.25, 0.3) is 0 Å². The lowest BCUT2D eigenvalue weighted by Crippen LogP contribution is -2.64. The number of carbonyl (C=O) groups excluding carboxylic acids is 1. The molecule has 0 aliphatic carbocycles. The van der Waals surface area contributed by atoms with E-state index in [0.717, 1.165) is 56.3 Å². The number of halogens is 1. The molecule has 26 heavy (non-hydrogen) atoms. The van der Waals surface area contributed by atoms with E-state index in [-0.39, 0.29) is 11.7 Å². The Hall–Kier alpha value is -2.41. The minimum Gasteiger partial charge on any atom is -0.369 e. The number of aromatic amines is 1. The number of rotatable bonds is 3. The molecule has 2 saturated heterocycles. The molecule has 0 unspecified atom stereocenters. The number of anilines is 1. The minimum absolute atomic E-state index is 0.0787. The Kier molecular flexibility index (Phi) is 4.40. The summed E-state index contributed by atoms with van der Waals surface area (Å²) in [4.78, 5) is 19.3. The molecule has 4 rings (SSSR count). The standard InChI is InChI=1S/C19H24FN5O/c1-13-18(14(2)22-21-13)19(26)25-11-17(12-25)24-9-7-23(8-10-24)16-5-3-15(20)4-6-16/h3-6,17H,7-12H2,1-2H3,(H,21,22). The van der Waals surface area contributed by atoms with E-state index >= 15 is 0 Å². The number of piperazine rings is 1. The van der Waals surface area contributed by atoms with E-state index < -0.39 is 0 Å². The molecule has 0 spiro atoms. The lowest BCUT2D eigenvalue weighted by Gasteiger charge is -2.48. The Morgan fingerprint density at radius 1 is 1.12 bits per heavy atom. The van der Waals surface area contributed by atoms with Crippen LogP contribution in [0.4, 0.5) is 10.1 Å². The van der Waals surface area contributed by atoms with Crippen LogP contribution in [0.1, 0.15) is 21.7 Å². The molecular weight excluding hydrogens is 333 g/mol. The average molecular weight is 357 g/mol. The van der Waals surface area contributed by atoms with Crippen LogP contribution in [-0.2, 0) is 0 Å². The van der Waals surface area contributed by atoms with E-state index in [9.17, 15) is 9.18 Å². The largest absolute Gasteiger partial charge is 0.369 e. The molecule has 0 saturated carbocycles. The third kappa shape index (κ3) is 3.07. The fourth-order valence-corrected chi connectivity index (χ4v) is 3.87. The van der Waals surface area contributed by atoms with Gasteiger partial charge in [0.05, 0.1) is 11.3 Å². The maximum Gasteiger partial charge on any atom is 0.257 e. The molecule has 2 fully saturated rings. The van der Waals surface area contributed by atoms with Crippen molar-refractivity contribution in [2.75, 3.05) is 44.2 Å². The molecule has 0 bridgehead atoms. The number of likely N-dealkylation sites (tertiary alicyclic amines) is 1. The average Bonchev–Trinajstić information content (AvgIpc) is 2.93. The highest BCUT2D eigenvalue weighted by Gasteiger charge is 2.37. The van der Waals surface area contributed by atoms with Gasteiger partial charge in [0, 0.05) is 56.7 Å². The molecule has 6 nitrogen and oxygen atoms in total. The summed E-state index contributed by atoms with van der Waals surface area (Å²) < 4.78 is 13.1. The van der Waals surface area contributed by atoms with Crippen molar-refractivity contribution in [3.05, 3.63) is 47.0 Å². The highest BCUT2D eigenvalue weighted by molar-refractivity contribution is 5.96. The van der Waals surface area contributed by atoms with Crippen molar-refractivity contribution in [2.45, 2.75) is 19.9 Å². The maximum absolute atomic E-state index is 13.1. The molecule has 3 heterocycles. The third-order valence-electron chi connectivity index (χ3n) is 5.51. The van der Waals surface area contributed by atoms with Gasteiger partial charge in [-0.15, -0.1) is 0 Å². The van der Waals surface area contributed by atoms with Crippen LogP contribution in [0.5, 0.6) is 0 Å². The highest BCUT2D eigenvalue weighted by atomic mass is 19.1. The number of aryl methyl sites for hydroxylation is 2. The van der Waals surface area contributed by atoms with E-state index in [0.29, 0.717) is 11.6 Å². The number of hydrogen-bond acceptors (Lipinski definition) is 4. The number of benzene rings is 1. The summed E-state index contributed by atoms with van der Waals surface area (Å²) in [5.74, 6) is -0.121.